The summed E-state index contributed by atoms with van der Waals surface area (Å²) in [6.45, 7) is 4.60. The molecule has 1 aromatic heterocycles. The van der Waals surface area contributed by atoms with Gasteiger partial charge in [-0.3, -0.25) is 9.89 Å². The quantitative estimate of drug-likeness (QED) is 0.878. The Bertz CT molecular complexity index is 889. The van der Waals surface area contributed by atoms with E-state index in [0.29, 0.717) is 36.5 Å². The van der Waals surface area contributed by atoms with Crippen LogP contribution in [0.15, 0.2) is 29.2 Å². The first-order valence-electron chi connectivity index (χ1n) is 8.37. The molecular formula is C17H21FN4O3S. The molecule has 2 heterocycles. The lowest BCUT2D eigenvalue weighted by atomic mass is 10.2. The maximum atomic E-state index is 13.0. The molecule has 3 rings (SSSR count). The summed E-state index contributed by atoms with van der Waals surface area (Å²) in [6.07, 6.45) is 0.530. The van der Waals surface area contributed by atoms with Crippen molar-refractivity contribution in [3.8, 4) is 0 Å². The van der Waals surface area contributed by atoms with Crippen LogP contribution in [0.25, 0.3) is 0 Å². The van der Waals surface area contributed by atoms with E-state index < -0.39 is 15.8 Å². The molecule has 9 heteroatoms. The highest BCUT2D eigenvalue weighted by Crippen LogP contribution is 2.23. The summed E-state index contributed by atoms with van der Waals surface area (Å²) in [5, 5.41) is 6.66. The molecular weight excluding hydrogens is 359 g/mol. The maximum absolute atomic E-state index is 13.0. The summed E-state index contributed by atoms with van der Waals surface area (Å²) < 4.78 is 40.3. The second-order valence-electron chi connectivity index (χ2n) is 6.32. The Morgan fingerprint density at radius 3 is 2.42 bits per heavy atom. The van der Waals surface area contributed by atoms with Gasteiger partial charge in [0.05, 0.1) is 11.4 Å². The Balaban J connectivity index is 1.76. The number of carbonyl (C=O) groups excluding carboxylic acids is 1. The van der Waals surface area contributed by atoms with Gasteiger partial charge in [-0.2, -0.15) is 9.40 Å². The fourth-order valence-electron chi connectivity index (χ4n) is 3.16. The molecule has 140 valence electrons. The molecule has 0 spiro atoms. The minimum atomic E-state index is -3.67. The van der Waals surface area contributed by atoms with Crippen molar-refractivity contribution in [3.63, 3.8) is 0 Å². The largest absolute Gasteiger partial charge is 0.337 e. The molecule has 1 aromatic carbocycles. The van der Waals surface area contributed by atoms with Crippen LogP contribution in [0.4, 0.5) is 4.39 Å². The fraction of sp³-hybridized carbons (Fsp3) is 0.412. The van der Waals surface area contributed by atoms with Crippen molar-refractivity contribution in [3.05, 3.63) is 47.0 Å². The van der Waals surface area contributed by atoms with E-state index >= 15 is 0 Å². The number of aryl methyl sites for hydroxylation is 2. The number of carbonyl (C=O) groups is 1. The van der Waals surface area contributed by atoms with Gasteiger partial charge in [0.15, 0.2) is 0 Å². The number of halogens is 1. The standard InChI is InChI=1S/C17H21FN4O3S/c1-12-16(13(2)20-19-12)26(24,25)22-9-3-8-21(10-11-22)17(23)14-4-6-15(18)7-5-14/h4-7H,3,8-11H2,1-2H3,(H,19,20). The van der Waals surface area contributed by atoms with Crippen LogP contribution < -0.4 is 0 Å². The molecule has 0 bridgehead atoms. The van der Waals surface area contributed by atoms with E-state index in [2.05, 4.69) is 10.2 Å². The molecule has 0 unspecified atom stereocenters. The van der Waals surface area contributed by atoms with Crippen LogP contribution in [0.1, 0.15) is 28.2 Å². The van der Waals surface area contributed by atoms with E-state index in [1.54, 1.807) is 18.7 Å². The number of rotatable bonds is 3. The smallest absolute Gasteiger partial charge is 0.253 e. The zero-order chi connectivity index (χ0) is 18.9. The third-order valence-electron chi connectivity index (χ3n) is 4.49. The number of benzene rings is 1. The molecule has 1 fully saturated rings. The molecule has 1 aliphatic rings. The first-order valence-corrected chi connectivity index (χ1v) is 9.81. The number of amides is 1. The van der Waals surface area contributed by atoms with E-state index in [4.69, 9.17) is 0 Å². The third-order valence-corrected chi connectivity index (χ3v) is 6.65. The minimum Gasteiger partial charge on any atom is -0.337 e. The van der Waals surface area contributed by atoms with Gasteiger partial charge in [0.2, 0.25) is 10.0 Å². The van der Waals surface area contributed by atoms with Crippen molar-refractivity contribution >= 4 is 15.9 Å². The lowest BCUT2D eigenvalue weighted by Gasteiger charge is -2.22. The third kappa shape index (κ3) is 3.49. The van der Waals surface area contributed by atoms with Crippen LogP contribution in [-0.2, 0) is 10.0 Å². The number of sulfonamides is 1. The Labute approximate surface area is 151 Å². The van der Waals surface area contributed by atoms with Crippen molar-refractivity contribution in [1.29, 1.82) is 0 Å². The molecule has 7 nitrogen and oxygen atoms in total. The number of hydrogen-bond donors (Lipinski definition) is 1. The van der Waals surface area contributed by atoms with Crippen molar-refractivity contribution in [2.75, 3.05) is 26.2 Å². The van der Waals surface area contributed by atoms with Gasteiger partial charge in [0.1, 0.15) is 10.7 Å². The Kier molecular flexibility index (Phi) is 5.10. The molecule has 0 saturated carbocycles. The number of nitrogens with one attached hydrogen (secondary N) is 1. The summed E-state index contributed by atoms with van der Waals surface area (Å²) in [7, 11) is -3.67. The second kappa shape index (κ2) is 7.16. The average Bonchev–Trinajstić information content (AvgIpc) is 2.81. The molecule has 2 aromatic rings. The number of hydrogen-bond acceptors (Lipinski definition) is 4. The molecule has 0 aliphatic carbocycles. The molecule has 26 heavy (non-hydrogen) atoms. The molecule has 1 amide bonds. The van der Waals surface area contributed by atoms with E-state index in [1.807, 2.05) is 0 Å². The molecule has 1 aliphatic heterocycles. The number of aromatic nitrogens is 2. The first kappa shape index (κ1) is 18.5. The lowest BCUT2D eigenvalue weighted by molar-refractivity contribution is 0.0764. The average molecular weight is 380 g/mol. The molecule has 1 saturated heterocycles. The number of nitrogens with zero attached hydrogens (tertiary/aromatic N) is 3. The molecule has 0 atom stereocenters. The fourth-order valence-corrected chi connectivity index (χ4v) is 4.96. The maximum Gasteiger partial charge on any atom is 0.253 e. The van der Waals surface area contributed by atoms with Gasteiger partial charge in [-0.15, -0.1) is 0 Å². The minimum absolute atomic E-state index is 0.204. The molecule has 0 radical (unpaired) electrons. The van der Waals surface area contributed by atoms with Crippen molar-refractivity contribution in [2.24, 2.45) is 0 Å². The van der Waals surface area contributed by atoms with Crippen molar-refractivity contribution < 1.29 is 17.6 Å². The Hall–Kier alpha value is -2.26. The highest BCUT2D eigenvalue weighted by molar-refractivity contribution is 7.89. The van der Waals surface area contributed by atoms with Gasteiger partial charge in [-0.25, -0.2) is 12.8 Å². The number of H-pyrrole nitrogens is 1. The highest BCUT2D eigenvalue weighted by Gasteiger charge is 2.32. The van der Waals surface area contributed by atoms with Gasteiger partial charge >= 0.3 is 0 Å². The van der Waals surface area contributed by atoms with Crippen LogP contribution in [0.2, 0.25) is 0 Å². The van der Waals surface area contributed by atoms with Gasteiger partial charge in [0, 0.05) is 31.7 Å². The van der Waals surface area contributed by atoms with E-state index in [9.17, 15) is 17.6 Å². The van der Waals surface area contributed by atoms with E-state index in [1.165, 1.54) is 28.6 Å². The predicted molar refractivity (Wildman–Crippen MR) is 93.7 cm³/mol. The van der Waals surface area contributed by atoms with Crippen molar-refractivity contribution in [2.45, 2.75) is 25.2 Å². The second-order valence-corrected chi connectivity index (χ2v) is 8.19. The monoisotopic (exact) mass is 380 g/mol. The Morgan fingerprint density at radius 2 is 1.81 bits per heavy atom. The summed E-state index contributed by atoms with van der Waals surface area (Å²) in [6, 6.07) is 5.36. The predicted octanol–water partition coefficient (Wildman–Crippen LogP) is 1.70. The van der Waals surface area contributed by atoms with Crippen LogP contribution in [-0.4, -0.2) is 59.9 Å². The Morgan fingerprint density at radius 1 is 1.12 bits per heavy atom. The summed E-state index contributed by atoms with van der Waals surface area (Å²) in [5.74, 6) is -0.625. The van der Waals surface area contributed by atoms with Gasteiger partial charge in [-0.05, 0) is 44.5 Å². The molecule has 1 N–H and O–H groups in total. The van der Waals surface area contributed by atoms with Crippen LogP contribution >= 0.6 is 0 Å². The van der Waals surface area contributed by atoms with Crippen molar-refractivity contribution in [1.82, 2.24) is 19.4 Å². The lowest BCUT2D eigenvalue weighted by Crippen LogP contribution is -2.37. The summed E-state index contributed by atoms with van der Waals surface area (Å²) >= 11 is 0. The zero-order valence-corrected chi connectivity index (χ0v) is 15.5. The topological polar surface area (TPSA) is 86.4 Å². The highest BCUT2D eigenvalue weighted by atomic mass is 32.2. The summed E-state index contributed by atoms with van der Waals surface area (Å²) in [5.41, 5.74) is 1.33. The van der Waals surface area contributed by atoms with Gasteiger partial charge < -0.3 is 4.90 Å². The van der Waals surface area contributed by atoms with Crippen LogP contribution in [0.3, 0.4) is 0 Å². The normalized spacial score (nSPS) is 16.5. The summed E-state index contributed by atoms with van der Waals surface area (Å²) in [4.78, 5) is 14.4. The zero-order valence-electron chi connectivity index (χ0n) is 14.7. The van der Waals surface area contributed by atoms with Gasteiger partial charge in [-0.1, -0.05) is 0 Å². The SMILES string of the molecule is Cc1n[nH]c(C)c1S(=O)(=O)N1CCCN(C(=O)c2ccc(F)cc2)CC1. The van der Waals surface area contributed by atoms with E-state index in [-0.39, 0.29) is 23.9 Å². The first-order chi connectivity index (χ1) is 12.3. The van der Waals surface area contributed by atoms with Gasteiger partial charge in [0.25, 0.3) is 5.91 Å². The van der Waals surface area contributed by atoms with Crippen LogP contribution in [0.5, 0.6) is 0 Å². The number of aromatic amines is 1. The van der Waals surface area contributed by atoms with Crippen LogP contribution in [0, 0.1) is 19.7 Å². The van der Waals surface area contributed by atoms with E-state index in [0.717, 1.165) is 0 Å².